The van der Waals surface area contributed by atoms with Crippen molar-refractivity contribution in [1.29, 1.82) is 0 Å². The summed E-state index contributed by atoms with van der Waals surface area (Å²) in [5, 5.41) is 9.05. The number of carbonyl (C=O) groups is 2. The molecule has 2 aromatic rings. The van der Waals surface area contributed by atoms with Crippen LogP contribution in [0, 0.1) is 0 Å². The second kappa shape index (κ2) is 14.8. The van der Waals surface area contributed by atoms with E-state index in [2.05, 4.69) is 24.4 Å². The molecule has 0 saturated carbocycles. The number of esters is 2. The van der Waals surface area contributed by atoms with E-state index in [4.69, 9.17) is 57.2 Å². The maximum Gasteiger partial charge on any atom is 0.343 e. The van der Waals surface area contributed by atoms with E-state index in [0.717, 1.165) is 0 Å². The standard InChI is InChI=1S/C9H8Cl2N2O3.C7H6Cl2N2O2.2CH4/c1-16-9(15)7-5(10)4-6(11)13-8(7)12-2-3-14;1-13-7(12)5-3(8)2-4(9)11-6(5)10;;/h2,4,14H,3H2,1H3;2H,1H3,(H2,10,11);2*1H4. The molecular formula is C18H22Cl4N4O5. The molecule has 2 rings (SSSR count). The number of pyridine rings is 2. The second-order valence-corrected chi connectivity index (χ2v) is 6.38. The number of nitrogen functional groups attached to an aromatic ring is 1. The first-order chi connectivity index (χ1) is 13.7. The van der Waals surface area contributed by atoms with Gasteiger partial charge in [-0.1, -0.05) is 61.3 Å². The highest BCUT2D eigenvalue weighted by atomic mass is 35.5. The number of nitrogens with two attached hydrogens (primary N) is 1. The van der Waals surface area contributed by atoms with Crippen molar-refractivity contribution in [3.8, 4) is 0 Å². The van der Waals surface area contributed by atoms with Crippen LogP contribution < -0.4 is 5.73 Å². The summed E-state index contributed by atoms with van der Waals surface area (Å²) in [6, 6.07) is 2.64. The number of aromatic nitrogens is 2. The minimum atomic E-state index is -0.667. The minimum Gasteiger partial charge on any atom is -0.465 e. The number of anilines is 1. The van der Waals surface area contributed by atoms with Crippen LogP contribution in [0.4, 0.5) is 11.6 Å². The molecule has 9 nitrogen and oxygen atoms in total. The van der Waals surface area contributed by atoms with Gasteiger partial charge in [-0.15, -0.1) is 0 Å². The Hall–Kier alpha value is -2.17. The molecule has 0 radical (unpaired) electrons. The van der Waals surface area contributed by atoms with Crippen LogP contribution in [0.5, 0.6) is 0 Å². The normalized spacial score (nSPS) is 9.65. The number of ether oxygens (including phenoxy) is 2. The lowest BCUT2D eigenvalue weighted by molar-refractivity contribution is 0.0592. The topological polar surface area (TPSA) is 137 Å². The van der Waals surface area contributed by atoms with Gasteiger partial charge in [-0.05, 0) is 12.1 Å². The summed E-state index contributed by atoms with van der Waals surface area (Å²) >= 11 is 22.7. The molecule has 31 heavy (non-hydrogen) atoms. The van der Waals surface area contributed by atoms with Crippen molar-refractivity contribution in [3.63, 3.8) is 0 Å². The molecule has 0 atom stereocenters. The lowest BCUT2D eigenvalue weighted by atomic mass is 10.2. The molecule has 0 bridgehead atoms. The summed E-state index contributed by atoms with van der Waals surface area (Å²) < 4.78 is 8.99. The number of halogens is 4. The Morgan fingerprint density at radius 2 is 1.45 bits per heavy atom. The summed E-state index contributed by atoms with van der Waals surface area (Å²) in [5.74, 6) is -1.33. The van der Waals surface area contributed by atoms with Gasteiger partial charge < -0.3 is 20.3 Å². The van der Waals surface area contributed by atoms with Gasteiger partial charge in [0.05, 0.1) is 30.9 Å². The van der Waals surface area contributed by atoms with Crippen LogP contribution in [-0.4, -0.2) is 54.1 Å². The van der Waals surface area contributed by atoms with Crippen LogP contribution in [0.15, 0.2) is 17.1 Å². The minimum absolute atomic E-state index is 0. The lowest BCUT2D eigenvalue weighted by Gasteiger charge is -2.05. The molecule has 2 heterocycles. The number of rotatable bonds is 4. The van der Waals surface area contributed by atoms with Crippen LogP contribution >= 0.6 is 46.4 Å². The maximum absolute atomic E-state index is 11.4. The molecule has 0 unspecified atom stereocenters. The van der Waals surface area contributed by atoms with Crippen molar-refractivity contribution < 1.29 is 24.2 Å². The van der Waals surface area contributed by atoms with Crippen LogP contribution in [0.3, 0.4) is 0 Å². The van der Waals surface area contributed by atoms with Gasteiger partial charge in [0.1, 0.15) is 27.3 Å². The van der Waals surface area contributed by atoms with Crippen LogP contribution in [0.2, 0.25) is 20.4 Å². The number of carbonyl (C=O) groups excluding carboxylic acids is 2. The Morgan fingerprint density at radius 1 is 1.00 bits per heavy atom. The molecule has 0 fully saturated rings. The number of aliphatic hydroxyl groups excluding tert-OH is 1. The molecule has 0 amide bonds. The number of aliphatic imine (C=N–C) groups is 1. The van der Waals surface area contributed by atoms with Gasteiger partial charge in [0.2, 0.25) is 0 Å². The summed E-state index contributed by atoms with van der Waals surface area (Å²) in [7, 11) is 2.44. The zero-order chi connectivity index (χ0) is 22.1. The third kappa shape index (κ3) is 8.84. The van der Waals surface area contributed by atoms with E-state index in [0.29, 0.717) is 0 Å². The van der Waals surface area contributed by atoms with Crippen molar-refractivity contribution in [1.82, 2.24) is 9.97 Å². The quantitative estimate of drug-likeness (QED) is 0.333. The van der Waals surface area contributed by atoms with E-state index < -0.39 is 11.9 Å². The molecule has 0 saturated heterocycles. The maximum atomic E-state index is 11.4. The number of nitrogens with zero attached hydrogens (tertiary/aromatic N) is 3. The van der Waals surface area contributed by atoms with E-state index in [-0.39, 0.29) is 64.6 Å². The molecule has 13 heteroatoms. The molecule has 0 aromatic carbocycles. The highest BCUT2D eigenvalue weighted by molar-refractivity contribution is 6.37. The third-order valence-electron chi connectivity index (χ3n) is 2.96. The fourth-order valence-corrected chi connectivity index (χ4v) is 2.83. The van der Waals surface area contributed by atoms with Gasteiger partial charge in [0.15, 0.2) is 5.82 Å². The van der Waals surface area contributed by atoms with E-state index >= 15 is 0 Å². The smallest absolute Gasteiger partial charge is 0.343 e. The van der Waals surface area contributed by atoms with Crippen molar-refractivity contribution in [2.75, 3.05) is 26.6 Å². The first kappa shape index (κ1) is 31.0. The van der Waals surface area contributed by atoms with Crippen molar-refractivity contribution in [3.05, 3.63) is 43.6 Å². The number of hydrogen-bond acceptors (Lipinski definition) is 9. The molecule has 172 valence electrons. The number of methoxy groups -OCH3 is 2. The Bertz CT molecular complexity index is 918. The lowest BCUT2D eigenvalue weighted by Crippen LogP contribution is -2.08. The average molecular weight is 516 g/mol. The molecule has 0 aliphatic heterocycles. The van der Waals surface area contributed by atoms with Gasteiger partial charge in [0, 0.05) is 6.21 Å². The molecule has 2 aromatic heterocycles. The predicted molar refractivity (Wildman–Crippen MR) is 124 cm³/mol. The molecular weight excluding hydrogens is 494 g/mol. The summed E-state index contributed by atoms with van der Waals surface area (Å²) in [6.07, 6.45) is 1.17. The largest absolute Gasteiger partial charge is 0.465 e. The fourth-order valence-electron chi connectivity index (χ4n) is 1.79. The highest BCUT2D eigenvalue weighted by Gasteiger charge is 2.18. The predicted octanol–water partition coefficient (Wildman–Crippen LogP) is 4.90. The monoisotopic (exact) mass is 514 g/mol. The van der Waals surface area contributed by atoms with Crippen LogP contribution in [-0.2, 0) is 9.47 Å². The Kier molecular flexibility index (Phi) is 14.8. The molecule has 0 spiro atoms. The number of hydrogen-bond donors (Lipinski definition) is 2. The van der Waals surface area contributed by atoms with Crippen molar-refractivity contribution in [2.24, 2.45) is 4.99 Å². The average Bonchev–Trinajstić information content (AvgIpc) is 2.64. The summed E-state index contributed by atoms with van der Waals surface area (Å²) in [5.41, 5.74) is 5.47. The second-order valence-electron chi connectivity index (χ2n) is 4.79. The summed E-state index contributed by atoms with van der Waals surface area (Å²) in [6.45, 7) is -0.285. The third-order valence-corrected chi connectivity index (χ3v) is 3.95. The number of aliphatic hydroxyl groups is 1. The molecule has 0 aliphatic carbocycles. The molecule has 3 N–H and O–H groups in total. The van der Waals surface area contributed by atoms with E-state index in [1.807, 2.05) is 0 Å². The van der Waals surface area contributed by atoms with Gasteiger partial charge in [-0.2, -0.15) is 0 Å². The van der Waals surface area contributed by atoms with Gasteiger partial charge >= 0.3 is 11.9 Å². The van der Waals surface area contributed by atoms with Crippen LogP contribution in [0.25, 0.3) is 0 Å². The summed E-state index contributed by atoms with van der Waals surface area (Å²) in [4.78, 5) is 33.7. The van der Waals surface area contributed by atoms with E-state index in [1.54, 1.807) is 0 Å². The SMILES string of the molecule is C.C.COC(=O)c1c(Cl)cc(Cl)nc1N.COC(=O)c1c(Cl)cc(Cl)nc1N=CCO. The zero-order valence-electron chi connectivity index (χ0n) is 15.0. The van der Waals surface area contributed by atoms with Gasteiger partial charge in [-0.25, -0.2) is 24.5 Å². The van der Waals surface area contributed by atoms with Crippen molar-refractivity contribution >= 4 is 76.2 Å². The van der Waals surface area contributed by atoms with E-state index in [1.165, 1.54) is 32.6 Å². The first-order valence-corrected chi connectivity index (χ1v) is 8.94. The zero-order valence-corrected chi connectivity index (χ0v) is 18.0. The van der Waals surface area contributed by atoms with Crippen LogP contribution in [0.1, 0.15) is 35.6 Å². The Labute approximate surface area is 200 Å². The van der Waals surface area contributed by atoms with Gasteiger partial charge in [-0.3, -0.25) is 0 Å². The van der Waals surface area contributed by atoms with Gasteiger partial charge in [0.25, 0.3) is 0 Å². The Morgan fingerprint density at radius 3 is 1.90 bits per heavy atom. The fraction of sp³-hybridized carbons (Fsp3) is 0.278. The molecule has 0 aliphatic rings. The van der Waals surface area contributed by atoms with E-state index in [9.17, 15) is 9.59 Å². The first-order valence-electron chi connectivity index (χ1n) is 7.43. The highest BCUT2D eigenvalue weighted by Crippen LogP contribution is 2.28. The Balaban J connectivity index is 0. The van der Waals surface area contributed by atoms with Crippen molar-refractivity contribution in [2.45, 2.75) is 14.9 Å².